The first kappa shape index (κ1) is 20.2. The Labute approximate surface area is 174 Å². The van der Waals surface area contributed by atoms with Gasteiger partial charge in [0.05, 0.1) is 5.56 Å². The Morgan fingerprint density at radius 1 is 0.867 bits per heavy atom. The first-order valence-corrected chi connectivity index (χ1v) is 9.90. The number of alkyl halides is 3. The van der Waals surface area contributed by atoms with E-state index >= 15 is 0 Å². The van der Waals surface area contributed by atoms with E-state index in [1.54, 1.807) is 6.07 Å². The molecule has 2 nitrogen and oxygen atoms in total. The van der Waals surface area contributed by atoms with Crippen molar-refractivity contribution in [2.75, 3.05) is 13.1 Å². The zero-order valence-corrected chi connectivity index (χ0v) is 16.4. The molecule has 0 bridgehead atoms. The molecule has 0 radical (unpaired) electrons. The summed E-state index contributed by atoms with van der Waals surface area (Å²) in [5.74, 6) is -0.152. The molecule has 0 saturated heterocycles. The van der Waals surface area contributed by atoms with Crippen LogP contribution in [0.25, 0.3) is 16.7 Å². The van der Waals surface area contributed by atoms with Gasteiger partial charge in [0, 0.05) is 6.54 Å². The van der Waals surface area contributed by atoms with Gasteiger partial charge in [0.25, 0.3) is 0 Å². The summed E-state index contributed by atoms with van der Waals surface area (Å²) in [7, 11) is 0. The molecule has 30 heavy (non-hydrogen) atoms. The molecule has 1 aliphatic rings. The van der Waals surface area contributed by atoms with Gasteiger partial charge in [0.2, 0.25) is 0 Å². The van der Waals surface area contributed by atoms with Gasteiger partial charge in [-0.3, -0.25) is 0 Å². The Kier molecular flexibility index (Phi) is 5.91. The highest BCUT2D eigenvalue weighted by Gasteiger charge is 2.34. The Morgan fingerprint density at radius 3 is 2.37 bits per heavy atom. The van der Waals surface area contributed by atoms with Gasteiger partial charge in [-0.05, 0) is 59.0 Å². The normalized spacial score (nSPS) is 14.3. The first-order chi connectivity index (χ1) is 14.5. The average Bonchev–Trinajstić information content (AvgIpc) is 2.78. The quantitative estimate of drug-likeness (QED) is 0.532. The zero-order chi connectivity index (χ0) is 21.0. The van der Waals surface area contributed by atoms with Gasteiger partial charge in [0.15, 0.2) is 0 Å². The molecule has 154 valence electrons. The van der Waals surface area contributed by atoms with Crippen molar-refractivity contribution in [2.24, 2.45) is 0 Å². The van der Waals surface area contributed by atoms with E-state index in [1.165, 1.54) is 17.7 Å². The van der Waals surface area contributed by atoms with Gasteiger partial charge in [-0.25, -0.2) is 0 Å². The molecule has 1 aliphatic heterocycles. The Morgan fingerprint density at radius 2 is 1.63 bits per heavy atom. The van der Waals surface area contributed by atoms with Crippen LogP contribution in [0.5, 0.6) is 5.75 Å². The summed E-state index contributed by atoms with van der Waals surface area (Å²) < 4.78 is 45.7. The molecule has 0 aromatic heterocycles. The predicted octanol–water partition coefficient (Wildman–Crippen LogP) is 6.33. The van der Waals surface area contributed by atoms with Crippen molar-refractivity contribution in [1.82, 2.24) is 5.32 Å². The maximum absolute atomic E-state index is 13.3. The van der Waals surface area contributed by atoms with Crippen LogP contribution in [0.4, 0.5) is 13.2 Å². The number of nitrogens with one attached hydrogen (secondary N) is 1. The number of para-hydroxylation sites is 1. The van der Waals surface area contributed by atoms with Crippen LogP contribution in [0.2, 0.25) is 0 Å². The summed E-state index contributed by atoms with van der Waals surface area (Å²) in [4.78, 5) is 0. The lowest BCUT2D eigenvalue weighted by atomic mass is 9.92. The van der Waals surface area contributed by atoms with Crippen molar-refractivity contribution in [3.8, 4) is 16.9 Å². The fraction of sp³-hybridized carbons (Fsp3) is 0.200. The van der Waals surface area contributed by atoms with Crippen molar-refractivity contribution in [3.05, 3.63) is 95.6 Å². The Hall–Kier alpha value is -3.05. The summed E-state index contributed by atoms with van der Waals surface area (Å²) in [6, 6.07) is 21.4. The highest BCUT2D eigenvalue weighted by Crippen LogP contribution is 2.37. The van der Waals surface area contributed by atoms with Gasteiger partial charge < -0.3 is 10.1 Å². The van der Waals surface area contributed by atoms with E-state index in [-0.39, 0.29) is 12.4 Å². The molecule has 0 unspecified atom stereocenters. The lowest BCUT2D eigenvalue weighted by molar-refractivity contribution is -0.139. The maximum Gasteiger partial charge on any atom is 0.419 e. The van der Waals surface area contributed by atoms with Gasteiger partial charge >= 0.3 is 6.18 Å². The molecule has 1 heterocycles. The summed E-state index contributed by atoms with van der Waals surface area (Å²) in [5, 5.41) is 3.29. The predicted molar refractivity (Wildman–Crippen MR) is 113 cm³/mol. The summed E-state index contributed by atoms with van der Waals surface area (Å²) >= 11 is 0. The van der Waals surface area contributed by atoms with Crippen molar-refractivity contribution < 1.29 is 17.9 Å². The maximum atomic E-state index is 13.3. The van der Waals surface area contributed by atoms with Crippen molar-refractivity contribution in [2.45, 2.75) is 19.2 Å². The molecule has 0 aliphatic carbocycles. The molecule has 0 fully saturated rings. The van der Waals surface area contributed by atoms with Crippen molar-refractivity contribution >= 4 is 5.57 Å². The average molecular weight is 409 g/mol. The second kappa shape index (κ2) is 8.76. The smallest absolute Gasteiger partial charge is 0.419 e. The number of halogens is 3. The van der Waals surface area contributed by atoms with Gasteiger partial charge in [0.1, 0.15) is 12.4 Å². The number of rotatable bonds is 5. The lowest BCUT2D eigenvalue weighted by Crippen LogP contribution is -2.20. The number of hydrogen-bond acceptors (Lipinski definition) is 2. The molecule has 0 spiro atoms. The second-order valence-corrected chi connectivity index (χ2v) is 7.20. The van der Waals surface area contributed by atoms with E-state index in [2.05, 4.69) is 17.5 Å². The first-order valence-electron chi connectivity index (χ1n) is 9.90. The monoisotopic (exact) mass is 409 g/mol. The molecule has 0 saturated carbocycles. The minimum absolute atomic E-state index is 0.0634. The van der Waals surface area contributed by atoms with Crippen LogP contribution in [0.1, 0.15) is 23.1 Å². The van der Waals surface area contributed by atoms with Crippen LogP contribution in [0.15, 0.2) is 78.9 Å². The Bertz CT molecular complexity index is 1040. The number of benzene rings is 3. The number of hydrogen-bond donors (Lipinski definition) is 1. The van der Waals surface area contributed by atoms with Crippen molar-refractivity contribution in [3.63, 3.8) is 0 Å². The molecule has 3 aromatic carbocycles. The lowest BCUT2D eigenvalue weighted by Gasteiger charge is -2.20. The molecule has 0 amide bonds. The largest absolute Gasteiger partial charge is 0.488 e. The minimum Gasteiger partial charge on any atom is -0.488 e. The van der Waals surface area contributed by atoms with E-state index in [4.69, 9.17) is 4.74 Å². The van der Waals surface area contributed by atoms with E-state index < -0.39 is 11.7 Å². The third kappa shape index (κ3) is 4.57. The van der Waals surface area contributed by atoms with Crippen LogP contribution < -0.4 is 10.1 Å². The van der Waals surface area contributed by atoms with Gasteiger partial charge in [-0.1, -0.05) is 60.7 Å². The molecule has 4 rings (SSSR count). The summed E-state index contributed by atoms with van der Waals surface area (Å²) in [6.07, 6.45) is -1.45. The highest BCUT2D eigenvalue weighted by molar-refractivity contribution is 5.74. The van der Waals surface area contributed by atoms with Crippen LogP contribution in [0, 0.1) is 0 Å². The molecule has 3 aromatic rings. The molecule has 1 N–H and O–H groups in total. The molecular formula is C25H22F3NO. The topological polar surface area (TPSA) is 21.3 Å². The fourth-order valence-corrected chi connectivity index (χ4v) is 3.69. The third-order valence-electron chi connectivity index (χ3n) is 5.20. The SMILES string of the molecule is FC(F)(F)c1ccccc1OCc1cc(-c2ccccc2)ccc1C1=CCNCC1. The summed E-state index contributed by atoms with van der Waals surface area (Å²) in [5.41, 5.74) is 4.40. The van der Waals surface area contributed by atoms with E-state index in [0.717, 1.165) is 47.8 Å². The van der Waals surface area contributed by atoms with E-state index in [0.29, 0.717) is 0 Å². The minimum atomic E-state index is -4.46. The fourth-order valence-electron chi connectivity index (χ4n) is 3.69. The zero-order valence-electron chi connectivity index (χ0n) is 16.4. The van der Waals surface area contributed by atoms with E-state index in [9.17, 15) is 13.2 Å². The van der Waals surface area contributed by atoms with Crippen molar-refractivity contribution in [1.29, 1.82) is 0 Å². The van der Waals surface area contributed by atoms with Gasteiger partial charge in [-0.15, -0.1) is 0 Å². The van der Waals surface area contributed by atoms with Crippen LogP contribution in [-0.2, 0) is 12.8 Å². The molecule has 5 heteroatoms. The van der Waals surface area contributed by atoms with Crippen LogP contribution in [0.3, 0.4) is 0 Å². The molecular weight excluding hydrogens is 387 g/mol. The highest BCUT2D eigenvalue weighted by atomic mass is 19.4. The molecule has 0 atom stereocenters. The van der Waals surface area contributed by atoms with Crippen LogP contribution in [-0.4, -0.2) is 13.1 Å². The summed E-state index contributed by atoms with van der Waals surface area (Å²) in [6.45, 7) is 1.73. The third-order valence-corrected chi connectivity index (χ3v) is 5.20. The van der Waals surface area contributed by atoms with E-state index in [1.807, 2.05) is 42.5 Å². The second-order valence-electron chi connectivity index (χ2n) is 7.20. The Balaban J connectivity index is 1.69. The van der Waals surface area contributed by atoms with Crippen LogP contribution >= 0.6 is 0 Å². The number of ether oxygens (including phenoxy) is 1. The van der Waals surface area contributed by atoms with Gasteiger partial charge in [-0.2, -0.15) is 13.2 Å². The standard InChI is InChI=1S/C25H22F3NO/c26-25(27,28)23-8-4-5-9-24(23)30-17-21-16-20(18-6-2-1-3-7-18)10-11-22(21)19-12-14-29-15-13-19/h1-12,16,29H,13-15,17H2.